The van der Waals surface area contributed by atoms with Crippen molar-refractivity contribution in [1.29, 1.82) is 0 Å². The zero-order valence-electron chi connectivity index (χ0n) is 9.58. The molecular weight excluding hydrogens is 190 g/mol. The van der Waals surface area contributed by atoms with Crippen LogP contribution in [0.1, 0.15) is 38.5 Å². The number of nitrogens with zero attached hydrogens (tertiary/aromatic N) is 1. The molecule has 2 saturated heterocycles. The van der Waals surface area contributed by atoms with Crippen molar-refractivity contribution < 1.29 is 9.53 Å². The fraction of sp³-hybridized carbons (Fsp3) is 0.917. The molecule has 3 heteroatoms. The van der Waals surface area contributed by atoms with Crippen LogP contribution in [0.25, 0.3) is 0 Å². The van der Waals surface area contributed by atoms with Gasteiger partial charge in [-0.15, -0.1) is 0 Å². The number of carbonyl (C=O) groups is 1. The summed E-state index contributed by atoms with van der Waals surface area (Å²) in [6.45, 7) is 1.94. The highest BCUT2D eigenvalue weighted by Gasteiger charge is 2.36. The maximum Gasteiger partial charge on any atom is 0.136 e. The number of fused-ring (bicyclic) bond motifs is 2. The zero-order chi connectivity index (χ0) is 10.7. The van der Waals surface area contributed by atoms with Crippen molar-refractivity contribution in [1.82, 2.24) is 4.90 Å². The summed E-state index contributed by atoms with van der Waals surface area (Å²) in [5.74, 6) is 0.479. The lowest BCUT2D eigenvalue weighted by molar-refractivity contribution is -0.127. The van der Waals surface area contributed by atoms with Crippen molar-refractivity contribution in [3.8, 4) is 0 Å². The second-order valence-electron chi connectivity index (χ2n) is 4.77. The van der Waals surface area contributed by atoms with Crippen LogP contribution in [-0.2, 0) is 9.53 Å². The Morgan fingerprint density at radius 1 is 1.33 bits per heavy atom. The number of methoxy groups -OCH3 is 1. The van der Waals surface area contributed by atoms with Crippen LogP contribution in [-0.4, -0.2) is 43.0 Å². The summed E-state index contributed by atoms with van der Waals surface area (Å²) in [5, 5.41) is 0. The molecule has 86 valence electrons. The van der Waals surface area contributed by atoms with Crippen LogP contribution in [0.15, 0.2) is 0 Å². The van der Waals surface area contributed by atoms with Gasteiger partial charge >= 0.3 is 0 Å². The molecule has 2 rings (SSSR count). The number of Topliss-reactive ketones (excluding diaryl/α,β-unsaturated/α-hetero) is 1. The summed E-state index contributed by atoms with van der Waals surface area (Å²) in [4.78, 5) is 14.1. The largest absolute Gasteiger partial charge is 0.385 e. The molecule has 15 heavy (non-hydrogen) atoms. The van der Waals surface area contributed by atoms with Crippen molar-refractivity contribution in [2.24, 2.45) is 0 Å². The molecule has 2 bridgehead atoms. The van der Waals surface area contributed by atoms with E-state index in [1.807, 2.05) is 0 Å². The number of carbonyl (C=O) groups excluding carboxylic acids is 1. The second kappa shape index (κ2) is 5.08. The maximum absolute atomic E-state index is 11.5. The fourth-order valence-corrected chi connectivity index (χ4v) is 3.02. The standard InChI is InChI=1S/C12H21NO2/c1-15-7-3-6-13-10-4-2-5-11(13)9-12(14)8-10/h10-11H,2-9H2,1H3. The Labute approximate surface area is 91.8 Å². The summed E-state index contributed by atoms with van der Waals surface area (Å²) in [6, 6.07) is 1.09. The molecule has 0 aromatic heterocycles. The van der Waals surface area contributed by atoms with Crippen LogP contribution < -0.4 is 0 Å². The number of rotatable bonds is 4. The highest BCUT2D eigenvalue weighted by atomic mass is 16.5. The summed E-state index contributed by atoms with van der Waals surface area (Å²) >= 11 is 0. The van der Waals surface area contributed by atoms with Crippen molar-refractivity contribution >= 4 is 5.78 Å². The fourth-order valence-electron chi connectivity index (χ4n) is 3.02. The molecule has 2 aliphatic rings. The molecule has 0 aliphatic carbocycles. The quantitative estimate of drug-likeness (QED) is 0.662. The van der Waals surface area contributed by atoms with Crippen molar-refractivity contribution in [2.45, 2.75) is 50.6 Å². The molecule has 3 nitrogen and oxygen atoms in total. The predicted octanol–water partition coefficient (Wildman–Crippen LogP) is 1.61. The second-order valence-corrected chi connectivity index (χ2v) is 4.77. The van der Waals surface area contributed by atoms with Gasteiger partial charge in [0.2, 0.25) is 0 Å². The molecule has 0 radical (unpaired) electrons. The third-order valence-electron chi connectivity index (χ3n) is 3.70. The van der Waals surface area contributed by atoms with E-state index in [9.17, 15) is 4.79 Å². The molecule has 2 aliphatic heterocycles. The molecule has 2 atom stereocenters. The molecule has 2 unspecified atom stereocenters. The van der Waals surface area contributed by atoms with E-state index >= 15 is 0 Å². The van der Waals surface area contributed by atoms with Gasteiger partial charge in [-0.25, -0.2) is 0 Å². The number of hydrogen-bond acceptors (Lipinski definition) is 3. The summed E-state index contributed by atoms with van der Waals surface area (Å²) in [5.41, 5.74) is 0. The van der Waals surface area contributed by atoms with E-state index < -0.39 is 0 Å². The summed E-state index contributed by atoms with van der Waals surface area (Å²) < 4.78 is 5.08. The average Bonchev–Trinajstić information content (AvgIpc) is 2.19. The molecule has 2 fully saturated rings. The highest BCUT2D eigenvalue weighted by Crippen LogP contribution is 2.32. The first kappa shape index (κ1) is 11.1. The smallest absolute Gasteiger partial charge is 0.136 e. The normalized spacial score (nSPS) is 31.9. The van der Waals surface area contributed by atoms with E-state index in [4.69, 9.17) is 4.74 Å². The number of ether oxygens (including phenoxy) is 1. The van der Waals surface area contributed by atoms with Crippen LogP contribution in [0, 0.1) is 0 Å². The first-order chi connectivity index (χ1) is 7.31. The number of hydrogen-bond donors (Lipinski definition) is 0. The lowest BCUT2D eigenvalue weighted by Gasteiger charge is -2.45. The minimum Gasteiger partial charge on any atom is -0.385 e. The maximum atomic E-state index is 11.5. The lowest BCUT2D eigenvalue weighted by atomic mass is 9.84. The van der Waals surface area contributed by atoms with E-state index in [1.165, 1.54) is 19.3 Å². The molecule has 2 heterocycles. The molecule has 0 aromatic rings. The molecule has 0 saturated carbocycles. The van der Waals surface area contributed by atoms with Gasteiger partial charge in [0.1, 0.15) is 5.78 Å². The molecule has 0 amide bonds. The summed E-state index contributed by atoms with van der Waals surface area (Å²) in [6.07, 6.45) is 6.43. The van der Waals surface area contributed by atoms with Gasteiger partial charge in [-0.3, -0.25) is 9.69 Å². The molecule has 0 spiro atoms. The van der Waals surface area contributed by atoms with Gasteiger partial charge in [0, 0.05) is 45.2 Å². The van der Waals surface area contributed by atoms with Crippen LogP contribution in [0.5, 0.6) is 0 Å². The average molecular weight is 211 g/mol. The third kappa shape index (κ3) is 2.58. The van der Waals surface area contributed by atoms with Crippen molar-refractivity contribution in [2.75, 3.05) is 20.3 Å². The van der Waals surface area contributed by atoms with Gasteiger partial charge < -0.3 is 4.74 Å². The van der Waals surface area contributed by atoms with Gasteiger partial charge in [-0.1, -0.05) is 6.42 Å². The number of ketones is 1. The Morgan fingerprint density at radius 2 is 2.00 bits per heavy atom. The Kier molecular flexibility index (Phi) is 3.76. The minimum absolute atomic E-state index is 0.479. The Morgan fingerprint density at radius 3 is 2.60 bits per heavy atom. The topological polar surface area (TPSA) is 29.5 Å². The molecule has 0 N–H and O–H groups in total. The van der Waals surface area contributed by atoms with Gasteiger partial charge in [-0.2, -0.15) is 0 Å². The predicted molar refractivity (Wildman–Crippen MR) is 58.9 cm³/mol. The van der Waals surface area contributed by atoms with Crippen LogP contribution in [0.3, 0.4) is 0 Å². The lowest BCUT2D eigenvalue weighted by Crippen LogP contribution is -2.52. The van der Waals surface area contributed by atoms with Gasteiger partial charge in [-0.05, 0) is 19.3 Å². The first-order valence-electron chi connectivity index (χ1n) is 6.07. The number of piperidine rings is 2. The summed E-state index contributed by atoms with van der Waals surface area (Å²) in [7, 11) is 1.75. The van der Waals surface area contributed by atoms with E-state index in [-0.39, 0.29) is 0 Å². The zero-order valence-corrected chi connectivity index (χ0v) is 9.58. The van der Waals surface area contributed by atoms with Crippen molar-refractivity contribution in [3.63, 3.8) is 0 Å². The Bertz CT molecular complexity index is 214. The Balaban J connectivity index is 1.89. The minimum atomic E-state index is 0.479. The van der Waals surface area contributed by atoms with Gasteiger partial charge in [0.15, 0.2) is 0 Å². The highest BCUT2D eigenvalue weighted by molar-refractivity contribution is 5.80. The Hall–Kier alpha value is -0.410. The van der Waals surface area contributed by atoms with Crippen LogP contribution in [0.2, 0.25) is 0 Å². The first-order valence-corrected chi connectivity index (χ1v) is 6.07. The van der Waals surface area contributed by atoms with Gasteiger partial charge in [0.25, 0.3) is 0 Å². The van der Waals surface area contributed by atoms with E-state index in [0.717, 1.165) is 32.4 Å². The third-order valence-corrected chi connectivity index (χ3v) is 3.70. The van der Waals surface area contributed by atoms with Gasteiger partial charge in [0.05, 0.1) is 0 Å². The van der Waals surface area contributed by atoms with E-state index in [2.05, 4.69) is 4.90 Å². The molecule has 0 aromatic carbocycles. The van der Waals surface area contributed by atoms with E-state index in [0.29, 0.717) is 17.9 Å². The monoisotopic (exact) mass is 211 g/mol. The SMILES string of the molecule is COCCCN1C2CCCC1CC(=O)C2. The molecular formula is C12H21NO2. The van der Waals surface area contributed by atoms with Crippen molar-refractivity contribution in [3.05, 3.63) is 0 Å². The van der Waals surface area contributed by atoms with Crippen LogP contribution >= 0.6 is 0 Å². The van der Waals surface area contributed by atoms with E-state index in [1.54, 1.807) is 7.11 Å². The van der Waals surface area contributed by atoms with Crippen LogP contribution in [0.4, 0.5) is 0 Å².